The first kappa shape index (κ1) is 23.2. The lowest BCUT2D eigenvalue weighted by molar-refractivity contribution is -0.136. The number of nitrogens with one attached hydrogen (secondary N) is 2. The summed E-state index contributed by atoms with van der Waals surface area (Å²) in [5, 5.41) is 9.58. The number of amides is 2. The molecule has 12 heteroatoms. The monoisotopic (exact) mass is 477 g/mol. The molecule has 0 radical (unpaired) electrons. The number of morpholine rings is 1. The van der Waals surface area contributed by atoms with E-state index in [0.29, 0.717) is 48.9 Å². The first-order chi connectivity index (χ1) is 15.9. The largest absolute Gasteiger partial charge is 0.497 e. The zero-order chi connectivity index (χ0) is 23.4. The molecule has 1 aromatic carbocycles. The molecule has 2 amide bonds. The van der Waals surface area contributed by atoms with Crippen molar-refractivity contribution in [3.8, 4) is 11.4 Å². The van der Waals surface area contributed by atoms with Gasteiger partial charge < -0.3 is 20.1 Å². The van der Waals surface area contributed by atoms with Crippen LogP contribution in [-0.4, -0.2) is 81.4 Å². The fraction of sp³-hybridized carbons (Fsp3) is 0.476. The number of rotatable bonds is 7. The third kappa shape index (κ3) is 5.52. The summed E-state index contributed by atoms with van der Waals surface area (Å²) in [7, 11) is -1.79. The molecule has 11 nitrogen and oxygen atoms in total. The molecule has 3 heterocycles. The molecule has 178 valence electrons. The van der Waals surface area contributed by atoms with Gasteiger partial charge in [0.2, 0.25) is 0 Å². The van der Waals surface area contributed by atoms with E-state index >= 15 is 0 Å². The first-order valence-corrected chi connectivity index (χ1v) is 12.5. The molecule has 2 N–H and O–H groups in total. The van der Waals surface area contributed by atoms with E-state index in [1.54, 1.807) is 31.4 Å². The zero-order valence-electron chi connectivity index (χ0n) is 18.4. The normalized spacial score (nSPS) is 17.4. The van der Waals surface area contributed by atoms with Crippen molar-refractivity contribution in [2.75, 3.05) is 51.8 Å². The minimum Gasteiger partial charge on any atom is -0.497 e. The van der Waals surface area contributed by atoms with Crippen LogP contribution in [0.25, 0.3) is 5.69 Å². The molecule has 2 aromatic rings. The number of ether oxygens (including phenoxy) is 2. The van der Waals surface area contributed by atoms with Gasteiger partial charge in [-0.25, -0.2) is 13.1 Å². The van der Waals surface area contributed by atoms with Crippen molar-refractivity contribution < 1.29 is 27.5 Å². The highest BCUT2D eigenvalue weighted by Gasteiger charge is 2.33. The van der Waals surface area contributed by atoms with Crippen LogP contribution >= 0.6 is 0 Å². The number of hydrogen-bond acceptors (Lipinski definition) is 8. The number of nitrogens with zero attached hydrogens (tertiary/aromatic N) is 3. The van der Waals surface area contributed by atoms with Gasteiger partial charge in [0.05, 0.1) is 43.2 Å². The minimum absolute atomic E-state index is 0.185. The van der Waals surface area contributed by atoms with E-state index < -0.39 is 21.7 Å². The molecule has 0 bridgehead atoms. The Morgan fingerprint density at radius 1 is 1.12 bits per heavy atom. The van der Waals surface area contributed by atoms with Crippen molar-refractivity contribution in [3.05, 3.63) is 35.5 Å². The van der Waals surface area contributed by atoms with Gasteiger partial charge in [-0.1, -0.05) is 0 Å². The van der Waals surface area contributed by atoms with Crippen LogP contribution in [-0.2, 0) is 35.7 Å². The van der Waals surface area contributed by atoms with E-state index in [4.69, 9.17) is 9.47 Å². The molecule has 0 spiro atoms. The fourth-order valence-electron chi connectivity index (χ4n) is 3.86. The Balaban J connectivity index is 1.43. The van der Waals surface area contributed by atoms with Gasteiger partial charge in [-0.05, 0) is 37.2 Å². The molecule has 0 atom stereocenters. The fourth-order valence-corrected chi connectivity index (χ4v) is 5.35. The van der Waals surface area contributed by atoms with Gasteiger partial charge in [0.15, 0.2) is 9.84 Å². The summed E-state index contributed by atoms with van der Waals surface area (Å²) in [6.45, 7) is 4.29. The molecule has 0 aliphatic carbocycles. The van der Waals surface area contributed by atoms with Crippen molar-refractivity contribution in [1.29, 1.82) is 0 Å². The summed E-state index contributed by atoms with van der Waals surface area (Å²) in [6, 6.07) is 6.92. The Morgan fingerprint density at radius 2 is 1.85 bits per heavy atom. The number of fused-ring (bicyclic) bond motifs is 1. The Labute approximate surface area is 191 Å². The van der Waals surface area contributed by atoms with Crippen LogP contribution in [0.2, 0.25) is 0 Å². The van der Waals surface area contributed by atoms with Gasteiger partial charge in [-0.2, -0.15) is 5.10 Å². The number of carbonyl (C=O) groups excluding carboxylic acids is 2. The van der Waals surface area contributed by atoms with E-state index in [1.165, 1.54) is 4.68 Å². The number of carbonyl (C=O) groups is 2. The van der Waals surface area contributed by atoms with Gasteiger partial charge in [0, 0.05) is 25.2 Å². The predicted octanol–water partition coefficient (Wildman–Crippen LogP) is 0.0863. The lowest BCUT2D eigenvalue weighted by Crippen LogP contribution is -2.40. The van der Waals surface area contributed by atoms with E-state index in [9.17, 15) is 18.0 Å². The van der Waals surface area contributed by atoms with Crippen LogP contribution in [0, 0.1) is 0 Å². The van der Waals surface area contributed by atoms with Crippen LogP contribution in [0.1, 0.15) is 17.7 Å². The lowest BCUT2D eigenvalue weighted by atomic mass is 10.2. The Kier molecular flexibility index (Phi) is 6.96. The lowest BCUT2D eigenvalue weighted by Gasteiger charge is -2.26. The highest BCUT2D eigenvalue weighted by atomic mass is 32.2. The van der Waals surface area contributed by atoms with Crippen LogP contribution in [0.15, 0.2) is 24.3 Å². The number of benzene rings is 1. The SMILES string of the molecule is COc1ccc(-n2nc3c(c2NC(=O)C(=O)NCCCN2CCOCC2)CS(=O)(=O)C3)cc1. The average Bonchev–Trinajstić information content (AvgIpc) is 3.29. The molecular formula is C21H27N5O6S. The maximum absolute atomic E-state index is 12.6. The number of sulfone groups is 1. The second kappa shape index (κ2) is 9.89. The van der Waals surface area contributed by atoms with Crippen LogP contribution in [0.4, 0.5) is 5.82 Å². The summed E-state index contributed by atoms with van der Waals surface area (Å²) in [5.74, 6) is -1.28. The molecule has 0 saturated carbocycles. The van der Waals surface area contributed by atoms with Crippen LogP contribution in [0.3, 0.4) is 0 Å². The van der Waals surface area contributed by atoms with E-state index in [0.717, 1.165) is 19.6 Å². The Morgan fingerprint density at radius 3 is 2.55 bits per heavy atom. The highest BCUT2D eigenvalue weighted by Crippen LogP contribution is 2.33. The van der Waals surface area contributed by atoms with Gasteiger partial charge >= 0.3 is 11.8 Å². The number of anilines is 1. The third-order valence-corrected chi connectivity index (χ3v) is 7.02. The van der Waals surface area contributed by atoms with Crippen molar-refractivity contribution in [3.63, 3.8) is 0 Å². The second-order valence-corrected chi connectivity index (χ2v) is 10.00. The molecule has 2 aliphatic heterocycles. The molecule has 1 saturated heterocycles. The van der Waals surface area contributed by atoms with Gasteiger partial charge in [-0.15, -0.1) is 0 Å². The standard InChI is InChI=1S/C21H27N5O6S/c1-31-16-5-3-15(4-6-16)26-19(17-13-33(29,30)14-18(17)24-26)23-21(28)20(27)22-7-2-8-25-9-11-32-12-10-25/h3-6H,2,7-14H2,1H3,(H,22,27)(H,23,28). The van der Waals surface area contributed by atoms with Gasteiger partial charge in [-0.3, -0.25) is 14.5 Å². The van der Waals surface area contributed by atoms with Crippen molar-refractivity contribution >= 4 is 27.5 Å². The Bertz CT molecular complexity index is 1120. The molecular weight excluding hydrogens is 450 g/mol. The quantitative estimate of drug-likeness (QED) is 0.424. The van der Waals surface area contributed by atoms with Crippen molar-refractivity contribution in [2.24, 2.45) is 0 Å². The summed E-state index contributed by atoms with van der Waals surface area (Å²) < 4.78 is 36.1. The third-order valence-electron chi connectivity index (χ3n) is 5.58. The number of aromatic nitrogens is 2. The van der Waals surface area contributed by atoms with Crippen molar-refractivity contribution in [1.82, 2.24) is 20.0 Å². The summed E-state index contributed by atoms with van der Waals surface area (Å²) in [4.78, 5) is 27.2. The van der Waals surface area contributed by atoms with E-state index in [-0.39, 0.29) is 17.3 Å². The van der Waals surface area contributed by atoms with Crippen LogP contribution in [0.5, 0.6) is 5.75 Å². The average molecular weight is 478 g/mol. The topological polar surface area (TPSA) is 132 Å². The molecule has 0 unspecified atom stereocenters. The maximum atomic E-state index is 12.6. The molecule has 2 aliphatic rings. The van der Waals surface area contributed by atoms with E-state index in [2.05, 4.69) is 20.6 Å². The molecule has 4 rings (SSSR count). The van der Waals surface area contributed by atoms with Crippen molar-refractivity contribution in [2.45, 2.75) is 17.9 Å². The van der Waals surface area contributed by atoms with Crippen LogP contribution < -0.4 is 15.4 Å². The zero-order valence-corrected chi connectivity index (χ0v) is 19.2. The summed E-state index contributed by atoms with van der Waals surface area (Å²) in [5.41, 5.74) is 1.37. The smallest absolute Gasteiger partial charge is 0.314 e. The van der Waals surface area contributed by atoms with E-state index in [1.807, 2.05) is 0 Å². The summed E-state index contributed by atoms with van der Waals surface area (Å²) >= 11 is 0. The molecule has 1 aromatic heterocycles. The summed E-state index contributed by atoms with van der Waals surface area (Å²) in [6.07, 6.45) is 0.705. The Hall–Kier alpha value is -2.96. The number of hydrogen-bond donors (Lipinski definition) is 2. The first-order valence-electron chi connectivity index (χ1n) is 10.7. The maximum Gasteiger partial charge on any atom is 0.314 e. The number of methoxy groups -OCH3 is 1. The van der Waals surface area contributed by atoms with Gasteiger partial charge in [0.1, 0.15) is 11.6 Å². The van der Waals surface area contributed by atoms with Gasteiger partial charge in [0.25, 0.3) is 0 Å². The minimum atomic E-state index is -3.34. The molecule has 1 fully saturated rings. The second-order valence-electron chi connectivity index (χ2n) is 7.93. The predicted molar refractivity (Wildman–Crippen MR) is 120 cm³/mol. The molecule has 33 heavy (non-hydrogen) atoms. The highest BCUT2D eigenvalue weighted by molar-refractivity contribution is 7.90.